The zero-order chi connectivity index (χ0) is 46.0. The number of esters is 2. The first-order chi connectivity index (χ1) is 29.9. The van der Waals surface area contributed by atoms with Crippen LogP contribution in [0.15, 0.2) is 79.4 Å². The summed E-state index contributed by atoms with van der Waals surface area (Å²) < 4.78 is 34.5. The highest BCUT2D eigenvalue weighted by atomic mass is 32.1. The second-order valence-corrected chi connectivity index (χ2v) is 18.0. The quantitative estimate of drug-likeness (QED) is 0.0915. The maximum absolute atomic E-state index is 14.5. The molecule has 0 spiro atoms. The van der Waals surface area contributed by atoms with Crippen LogP contribution in [0.3, 0.4) is 0 Å². The normalized spacial score (nSPS) is 28.6. The van der Waals surface area contributed by atoms with Crippen LogP contribution in [0.25, 0.3) is 10.2 Å². The maximum atomic E-state index is 14.5. The van der Waals surface area contributed by atoms with Gasteiger partial charge in [0.25, 0.3) is 0 Å². The lowest BCUT2D eigenvalue weighted by Gasteiger charge is -2.38. The van der Waals surface area contributed by atoms with E-state index in [1.165, 1.54) is 30.3 Å². The number of ketones is 1. The fourth-order valence-electron chi connectivity index (χ4n) is 7.67. The summed E-state index contributed by atoms with van der Waals surface area (Å²) in [7, 11) is 0. The summed E-state index contributed by atoms with van der Waals surface area (Å²) in [6, 6.07) is 11.7. The first-order valence-electron chi connectivity index (χ1n) is 21.0. The third-order valence-corrected chi connectivity index (χ3v) is 12.5. The lowest BCUT2D eigenvalue weighted by molar-refractivity contribution is -0.272. The first kappa shape index (κ1) is 49.1. The van der Waals surface area contributed by atoms with E-state index in [-0.39, 0.29) is 31.3 Å². The summed E-state index contributed by atoms with van der Waals surface area (Å²) in [5, 5.41) is 43.6. The molecule has 1 fully saturated rings. The second-order valence-electron chi connectivity index (χ2n) is 16.7. The molecule has 1 aromatic heterocycles. The molecule has 10 atom stereocenters. The van der Waals surface area contributed by atoms with Crippen molar-refractivity contribution < 1.29 is 68.0 Å². The van der Waals surface area contributed by atoms with Gasteiger partial charge >= 0.3 is 18.1 Å². The van der Waals surface area contributed by atoms with Gasteiger partial charge in [-0.3, -0.25) is 9.59 Å². The van der Waals surface area contributed by atoms with Gasteiger partial charge in [-0.2, -0.15) is 0 Å². The number of fused-ring (bicyclic) bond motifs is 1. The van der Waals surface area contributed by atoms with Crippen molar-refractivity contribution in [2.45, 2.75) is 129 Å². The van der Waals surface area contributed by atoms with Crippen molar-refractivity contribution in [2.75, 3.05) is 6.61 Å². The Morgan fingerprint density at radius 1 is 0.968 bits per heavy atom. The minimum absolute atomic E-state index is 0.133. The minimum Gasteiger partial charge on any atom is -0.462 e. The highest BCUT2D eigenvalue weighted by Gasteiger charge is 2.49. The predicted octanol–water partition coefficient (Wildman–Crippen LogP) is 6.52. The molecular weight excluding hydrogens is 835 g/mol. The van der Waals surface area contributed by atoms with Gasteiger partial charge in [-0.15, -0.1) is 17.9 Å². The molecule has 3 aromatic rings. The van der Waals surface area contributed by atoms with E-state index in [0.717, 1.165) is 39.2 Å². The number of ether oxygens (including phenoxy) is 6. The van der Waals surface area contributed by atoms with Crippen LogP contribution in [-0.4, -0.2) is 98.8 Å². The molecule has 3 heterocycles. The van der Waals surface area contributed by atoms with Gasteiger partial charge in [-0.25, -0.2) is 14.6 Å². The number of allylic oxidation sites excluding steroid dienone is 2. The lowest BCUT2D eigenvalue weighted by atomic mass is 9.71. The molecular formula is C47H59NO14S. The number of hydrogen-bond donors (Lipinski definition) is 4. The summed E-state index contributed by atoms with van der Waals surface area (Å²) in [5.41, 5.74) is 1.56. The van der Waals surface area contributed by atoms with Crippen molar-refractivity contribution in [3.8, 4) is 5.75 Å². The van der Waals surface area contributed by atoms with E-state index in [0.29, 0.717) is 18.4 Å². The van der Waals surface area contributed by atoms with E-state index < -0.39 is 90.6 Å². The topological polar surface area (TPSA) is 217 Å². The summed E-state index contributed by atoms with van der Waals surface area (Å²) in [6.07, 6.45) is -5.66. The number of aryl methyl sites for hydroxylation is 1. The van der Waals surface area contributed by atoms with Crippen LogP contribution < -0.4 is 4.74 Å². The Morgan fingerprint density at radius 2 is 1.70 bits per heavy atom. The van der Waals surface area contributed by atoms with Crippen LogP contribution in [0.5, 0.6) is 5.75 Å². The molecule has 16 heteroatoms. The molecule has 0 amide bonds. The number of thiazole rings is 1. The number of carbonyl (C=O) groups excluding carboxylic acids is 4. The Hall–Kier alpha value is -4.97. The lowest BCUT2D eigenvalue weighted by Crippen LogP contribution is -2.61. The molecule has 0 saturated carbocycles. The summed E-state index contributed by atoms with van der Waals surface area (Å²) >= 11 is 1.56. The highest BCUT2D eigenvalue weighted by molar-refractivity contribution is 7.18. The second kappa shape index (κ2) is 22.1. The molecule has 2 aliphatic rings. The van der Waals surface area contributed by atoms with Crippen molar-refractivity contribution in [2.24, 2.45) is 17.3 Å². The van der Waals surface area contributed by atoms with Crippen LogP contribution in [-0.2, 0) is 44.7 Å². The predicted molar refractivity (Wildman–Crippen MR) is 232 cm³/mol. The smallest absolute Gasteiger partial charge is 0.462 e. The van der Waals surface area contributed by atoms with Gasteiger partial charge in [0.05, 0.1) is 33.2 Å². The first-order valence-corrected chi connectivity index (χ1v) is 21.9. The summed E-state index contributed by atoms with van der Waals surface area (Å²) in [4.78, 5) is 58.9. The molecule has 4 N–H and O–H groups in total. The maximum Gasteiger partial charge on any atom is 0.508 e. The number of cyclic esters (lactones) is 1. The number of aliphatic hydroxyl groups excluding tert-OH is 4. The van der Waals surface area contributed by atoms with Gasteiger partial charge in [-0.1, -0.05) is 55.5 Å². The van der Waals surface area contributed by atoms with Crippen molar-refractivity contribution >= 4 is 45.4 Å². The van der Waals surface area contributed by atoms with Crippen molar-refractivity contribution in [1.82, 2.24) is 4.98 Å². The molecule has 0 aliphatic carbocycles. The molecule has 5 rings (SSSR count). The van der Waals surface area contributed by atoms with Crippen molar-refractivity contribution in [1.29, 1.82) is 0 Å². The summed E-state index contributed by atoms with van der Waals surface area (Å²) in [5.74, 6) is -3.13. The molecule has 1 saturated heterocycles. The molecule has 15 nitrogen and oxygen atoms in total. The van der Waals surface area contributed by atoms with Gasteiger partial charge in [0, 0.05) is 12.3 Å². The van der Waals surface area contributed by atoms with Crippen molar-refractivity contribution in [3.05, 3.63) is 95.6 Å². The molecule has 63 heavy (non-hydrogen) atoms. The third kappa shape index (κ3) is 12.6. The van der Waals surface area contributed by atoms with Gasteiger partial charge in [0.1, 0.15) is 55.3 Å². The van der Waals surface area contributed by atoms with Gasteiger partial charge in [0.2, 0.25) is 6.29 Å². The van der Waals surface area contributed by atoms with Crippen LogP contribution in [0, 0.1) is 24.2 Å². The Morgan fingerprint density at radius 3 is 2.40 bits per heavy atom. The number of nitrogens with zero attached hydrogens (tertiary/aromatic N) is 1. The molecule has 2 aromatic carbocycles. The Balaban J connectivity index is 1.33. The largest absolute Gasteiger partial charge is 0.508 e. The number of rotatable bonds is 11. The monoisotopic (exact) mass is 893 g/mol. The molecule has 0 radical (unpaired) electrons. The highest BCUT2D eigenvalue weighted by Crippen LogP contribution is 2.37. The fraction of sp³-hybridized carbons (Fsp3) is 0.511. The van der Waals surface area contributed by atoms with Gasteiger partial charge in [0.15, 0.2) is 6.10 Å². The number of carbonyl (C=O) groups is 4. The Kier molecular flexibility index (Phi) is 17.2. The zero-order valence-electron chi connectivity index (χ0n) is 36.3. The number of benzene rings is 2. The minimum atomic E-state index is -1.79. The van der Waals surface area contributed by atoms with Crippen LogP contribution in [0.2, 0.25) is 0 Å². The number of aromatic nitrogens is 1. The molecule has 342 valence electrons. The average Bonchev–Trinajstić information content (AvgIpc) is 3.64. The molecule has 0 bridgehead atoms. The Labute approximate surface area is 371 Å². The third-order valence-electron chi connectivity index (χ3n) is 11.5. The summed E-state index contributed by atoms with van der Waals surface area (Å²) in [6.45, 7) is 15.8. The van der Waals surface area contributed by atoms with E-state index in [2.05, 4.69) is 18.1 Å². The van der Waals surface area contributed by atoms with Crippen LogP contribution in [0.1, 0.15) is 88.5 Å². The van der Waals surface area contributed by atoms with Crippen molar-refractivity contribution in [3.63, 3.8) is 0 Å². The molecule has 0 unspecified atom stereocenters. The SMILES string of the molecule is C=CCOC(=O)[C@H]1O[C@@H](Oc2ccc(COC(=O)O[C@H]3CC(=O)O[C@H](c4ccc5sc(C)nc5c4)CC=C(C)CCC[C@H](C)[C@H](O)[C@@H](CC=C)C(=O)C3(C)C)cc2)[C@H](O)[C@@H](O)[C@@H]1O. The standard InChI is InChI=1S/C47H59NO14S/c1-8-11-32-38(50)27(4)13-10-12-26(3)14-20-34(30-17-21-35-33(23-30)48-28(5)63-35)60-37(49)24-36(47(6,7)43(32)54)61-46(56)58-25-29-15-18-31(19-16-29)59-45-41(53)39(51)40(52)42(62-45)44(55)57-22-9-2/h8-9,14-19,21,23,27,32,34,36,38-42,45,50-53H,1-2,10-13,20,22,24-25H2,3-7H3/t27-,32+,34-,36-,38-,39-,40-,41+,42-,45+/m0/s1. The van der Waals surface area contributed by atoms with Gasteiger partial charge in [-0.05, 0) is 94.7 Å². The number of hydrogen-bond acceptors (Lipinski definition) is 16. The van der Waals surface area contributed by atoms with E-state index in [4.69, 9.17) is 28.4 Å². The molecule has 2 aliphatic heterocycles. The average molecular weight is 894 g/mol. The van der Waals surface area contributed by atoms with Gasteiger partial charge < -0.3 is 48.8 Å². The van der Waals surface area contributed by atoms with E-state index in [1.807, 2.05) is 45.0 Å². The van der Waals surface area contributed by atoms with Crippen LogP contribution >= 0.6 is 11.3 Å². The van der Waals surface area contributed by atoms with Crippen LogP contribution in [0.4, 0.5) is 4.79 Å². The van der Waals surface area contributed by atoms with E-state index in [9.17, 15) is 39.6 Å². The number of Topliss-reactive ketones (excluding diaryl/α,β-unsaturated/α-hetero) is 1. The van der Waals surface area contributed by atoms with E-state index >= 15 is 0 Å². The Bertz CT molecular complexity index is 2110. The number of aliphatic hydroxyl groups is 4. The fourth-order valence-corrected chi connectivity index (χ4v) is 8.47. The van der Waals surface area contributed by atoms with E-state index in [1.54, 1.807) is 31.3 Å². The zero-order valence-corrected chi connectivity index (χ0v) is 37.2.